The van der Waals surface area contributed by atoms with Crippen molar-refractivity contribution in [3.8, 4) is 0 Å². The monoisotopic (exact) mass is 247 g/mol. The molecule has 0 radical (unpaired) electrons. The zero-order valence-electron chi connectivity index (χ0n) is 10.7. The van der Waals surface area contributed by atoms with E-state index in [1.165, 1.54) is 6.42 Å². The zero-order chi connectivity index (χ0) is 12.5. The van der Waals surface area contributed by atoms with Gasteiger partial charge in [0.1, 0.15) is 12.1 Å². The van der Waals surface area contributed by atoms with Gasteiger partial charge in [-0.05, 0) is 19.3 Å². The van der Waals surface area contributed by atoms with E-state index in [1.54, 1.807) is 6.33 Å². The first-order valence-corrected chi connectivity index (χ1v) is 6.24. The van der Waals surface area contributed by atoms with Crippen LogP contribution in [0.15, 0.2) is 12.5 Å². The lowest BCUT2D eigenvalue weighted by atomic mass is 10.2. The van der Waals surface area contributed by atoms with Gasteiger partial charge in [-0.25, -0.2) is 14.6 Å². The highest BCUT2D eigenvalue weighted by Crippen LogP contribution is 2.27. The molecule has 1 saturated heterocycles. The molecule has 96 valence electrons. The lowest BCUT2D eigenvalue weighted by Gasteiger charge is -2.23. The third-order valence-electron chi connectivity index (χ3n) is 3.22. The summed E-state index contributed by atoms with van der Waals surface area (Å²) in [5, 5.41) is 5.39. The average molecular weight is 247 g/mol. The summed E-state index contributed by atoms with van der Waals surface area (Å²) in [7, 11) is 3.94. The topological polar surface area (TPSA) is 56.1 Å². The highest BCUT2D eigenvalue weighted by molar-refractivity contribution is 5.86. The third kappa shape index (κ3) is 1.82. The smallest absolute Gasteiger partial charge is 0.165 e. The molecule has 1 atom stereocenters. The minimum Gasteiger partial charge on any atom is -0.362 e. The molecule has 1 aliphatic heterocycles. The van der Waals surface area contributed by atoms with Gasteiger partial charge in [0.15, 0.2) is 11.9 Å². The Balaban J connectivity index is 2.06. The van der Waals surface area contributed by atoms with Crippen molar-refractivity contribution in [1.29, 1.82) is 0 Å². The molecular formula is C12H17N5O. The van der Waals surface area contributed by atoms with Gasteiger partial charge in [-0.2, -0.15) is 5.10 Å². The molecule has 18 heavy (non-hydrogen) atoms. The van der Waals surface area contributed by atoms with Crippen LogP contribution < -0.4 is 4.90 Å². The molecule has 0 aromatic carbocycles. The minimum absolute atomic E-state index is 0.0150. The van der Waals surface area contributed by atoms with Gasteiger partial charge in [0.2, 0.25) is 0 Å². The van der Waals surface area contributed by atoms with E-state index in [0.717, 1.165) is 36.3 Å². The van der Waals surface area contributed by atoms with Crippen molar-refractivity contribution in [3.05, 3.63) is 12.5 Å². The number of anilines is 1. The molecule has 0 spiro atoms. The highest BCUT2D eigenvalue weighted by atomic mass is 16.5. The summed E-state index contributed by atoms with van der Waals surface area (Å²) < 4.78 is 7.64. The number of hydrogen-bond donors (Lipinski definition) is 0. The van der Waals surface area contributed by atoms with Crippen LogP contribution in [0.2, 0.25) is 0 Å². The van der Waals surface area contributed by atoms with E-state index in [1.807, 2.05) is 29.9 Å². The van der Waals surface area contributed by atoms with Gasteiger partial charge >= 0.3 is 0 Å². The van der Waals surface area contributed by atoms with Gasteiger partial charge in [-0.15, -0.1) is 0 Å². The van der Waals surface area contributed by atoms with E-state index in [9.17, 15) is 0 Å². The van der Waals surface area contributed by atoms with Gasteiger partial charge in [0.25, 0.3) is 0 Å². The van der Waals surface area contributed by atoms with Gasteiger partial charge in [0.05, 0.1) is 11.6 Å². The Morgan fingerprint density at radius 2 is 2.22 bits per heavy atom. The van der Waals surface area contributed by atoms with E-state index in [2.05, 4.69) is 15.1 Å². The molecule has 3 rings (SSSR count). The molecule has 2 aromatic rings. The Hall–Kier alpha value is -1.69. The number of rotatable bonds is 2. The number of fused-ring (bicyclic) bond motifs is 1. The summed E-state index contributed by atoms with van der Waals surface area (Å²) >= 11 is 0. The Morgan fingerprint density at radius 3 is 2.94 bits per heavy atom. The standard InChI is InChI=1S/C12H17N5O/c1-16(2)11-9-7-15-17(12(9)14-8-13-11)10-5-3-4-6-18-10/h7-8,10H,3-6H2,1-2H3/t10-/m0/s1. The average Bonchev–Trinajstić information content (AvgIpc) is 2.83. The SMILES string of the molecule is CN(C)c1ncnc2c1cnn2[C@@H]1CCCCO1. The maximum absolute atomic E-state index is 5.76. The fourth-order valence-electron chi connectivity index (χ4n) is 2.33. The van der Waals surface area contributed by atoms with Crippen LogP contribution in [0.3, 0.4) is 0 Å². The normalized spacial score (nSPS) is 20.2. The molecular weight excluding hydrogens is 230 g/mol. The van der Waals surface area contributed by atoms with Gasteiger partial charge in [0, 0.05) is 20.7 Å². The predicted octanol–water partition coefficient (Wildman–Crippen LogP) is 1.59. The second-order valence-corrected chi connectivity index (χ2v) is 4.74. The molecule has 6 heteroatoms. The molecule has 1 aliphatic rings. The number of nitrogens with zero attached hydrogens (tertiary/aromatic N) is 5. The fourth-order valence-corrected chi connectivity index (χ4v) is 2.33. The first-order chi connectivity index (χ1) is 8.77. The van der Waals surface area contributed by atoms with E-state index in [4.69, 9.17) is 4.74 Å². The molecule has 0 N–H and O–H groups in total. The van der Waals surface area contributed by atoms with Crippen LogP contribution >= 0.6 is 0 Å². The first-order valence-electron chi connectivity index (χ1n) is 6.24. The molecule has 6 nitrogen and oxygen atoms in total. The summed E-state index contributed by atoms with van der Waals surface area (Å²) in [6, 6.07) is 0. The molecule has 0 saturated carbocycles. The highest BCUT2D eigenvalue weighted by Gasteiger charge is 2.20. The van der Waals surface area contributed by atoms with Crippen LogP contribution in [0.5, 0.6) is 0 Å². The lowest BCUT2D eigenvalue weighted by molar-refractivity contribution is -0.0370. The summed E-state index contributed by atoms with van der Waals surface area (Å²) in [5.41, 5.74) is 0.848. The molecule has 2 aromatic heterocycles. The number of hydrogen-bond acceptors (Lipinski definition) is 5. The fraction of sp³-hybridized carbons (Fsp3) is 0.583. The maximum Gasteiger partial charge on any atom is 0.165 e. The minimum atomic E-state index is 0.0150. The Bertz CT molecular complexity index is 544. The van der Waals surface area contributed by atoms with Crippen molar-refractivity contribution in [2.75, 3.05) is 25.6 Å². The number of ether oxygens (including phenoxy) is 1. The first kappa shape index (κ1) is 11.4. The Labute approximate surface area is 106 Å². The molecule has 0 bridgehead atoms. The summed E-state index contributed by atoms with van der Waals surface area (Å²) in [6.07, 6.45) is 6.73. The summed E-state index contributed by atoms with van der Waals surface area (Å²) in [5.74, 6) is 0.891. The van der Waals surface area contributed by atoms with Gasteiger partial charge < -0.3 is 9.64 Å². The molecule has 3 heterocycles. The lowest BCUT2D eigenvalue weighted by Crippen LogP contribution is -2.19. The molecule has 0 unspecified atom stereocenters. The van der Waals surface area contributed by atoms with Crippen molar-refractivity contribution >= 4 is 16.9 Å². The second kappa shape index (κ2) is 4.53. The van der Waals surface area contributed by atoms with Crippen LogP contribution in [-0.2, 0) is 4.74 Å². The predicted molar refractivity (Wildman–Crippen MR) is 68.5 cm³/mol. The van der Waals surface area contributed by atoms with Crippen molar-refractivity contribution < 1.29 is 4.74 Å². The second-order valence-electron chi connectivity index (χ2n) is 4.74. The van der Waals surface area contributed by atoms with E-state index < -0.39 is 0 Å². The van der Waals surface area contributed by atoms with Crippen LogP contribution in [0.25, 0.3) is 11.0 Å². The van der Waals surface area contributed by atoms with E-state index >= 15 is 0 Å². The third-order valence-corrected chi connectivity index (χ3v) is 3.22. The molecule has 0 aliphatic carbocycles. The summed E-state index contributed by atoms with van der Waals surface area (Å²) in [4.78, 5) is 10.6. The number of aromatic nitrogens is 4. The maximum atomic E-state index is 5.76. The summed E-state index contributed by atoms with van der Waals surface area (Å²) in [6.45, 7) is 0.803. The molecule has 0 amide bonds. The van der Waals surface area contributed by atoms with Crippen molar-refractivity contribution in [1.82, 2.24) is 19.7 Å². The quantitative estimate of drug-likeness (QED) is 0.806. The van der Waals surface area contributed by atoms with Crippen LogP contribution in [0.4, 0.5) is 5.82 Å². The zero-order valence-corrected chi connectivity index (χ0v) is 10.7. The van der Waals surface area contributed by atoms with Crippen LogP contribution in [0, 0.1) is 0 Å². The van der Waals surface area contributed by atoms with E-state index in [-0.39, 0.29) is 6.23 Å². The van der Waals surface area contributed by atoms with Crippen molar-refractivity contribution in [2.45, 2.75) is 25.5 Å². The van der Waals surface area contributed by atoms with Gasteiger partial charge in [-0.1, -0.05) is 0 Å². The van der Waals surface area contributed by atoms with Crippen LogP contribution in [0.1, 0.15) is 25.5 Å². The van der Waals surface area contributed by atoms with Crippen LogP contribution in [-0.4, -0.2) is 40.5 Å². The van der Waals surface area contributed by atoms with Gasteiger partial charge in [-0.3, -0.25) is 0 Å². The Kier molecular flexibility index (Phi) is 2.87. The molecule has 1 fully saturated rings. The van der Waals surface area contributed by atoms with Crippen molar-refractivity contribution in [3.63, 3.8) is 0 Å². The largest absolute Gasteiger partial charge is 0.362 e. The van der Waals surface area contributed by atoms with E-state index in [0.29, 0.717) is 0 Å². The van der Waals surface area contributed by atoms with Crippen molar-refractivity contribution in [2.24, 2.45) is 0 Å². The Morgan fingerprint density at radius 1 is 1.33 bits per heavy atom.